The third-order valence-electron chi connectivity index (χ3n) is 6.37. The van der Waals surface area contributed by atoms with Crippen molar-refractivity contribution in [2.75, 3.05) is 31.8 Å². The molecule has 0 spiro atoms. The van der Waals surface area contributed by atoms with E-state index in [0.717, 1.165) is 0 Å². The molecule has 8 nitrogen and oxygen atoms in total. The molecule has 5 rings (SSSR count). The van der Waals surface area contributed by atoms with Crippen LogP contribution in [-0.2, 0) is 9.59 Å². The maximum Gasteiger partial charge on any atom is 0.300 e. The second kappa shape index (κ2) is 10.5. The first-order valence-corrected chi connectivity index (χ1v) is 12.4. The molecule has 1 saturated heterocycles. The number of ketones is 1. The summed E-state index contributed by atoms with van der Waals surface area (Å²) in [6.45, 7) is 5.40. The molecule has 0 bridgehead atoms. The number of ether oxygens (including phenoxy) is 4. The van der Waals surface area contributed by atoms with E-state index in [2.05, 4.69) is 0 Å². The molecule has 3 aromatic rings. The normalized spacial score (nSPS) is 18.1. The number of rotatable bonds is 7. The van der Waals surface area contributed by atoms with Gasteiger partial charge in [0.1, 0.15) is 30.5 Å². The van der Waals surface area contributed by atoms with Crippen molar-refractivity contribution in [3.8, 4) is 23.0 Å². The first kappa shape index (κ1) is 25.2. The predicted molar refractivity (Wildman–Crippen MR) is 142 cm³/mol. The number of methoxy groups -OCH3 is 1. The van der Waals surface area contributed by atoms with Gasteiger partial charge in [-0.3, -0.25) is 14.5 Å². The van der Waals surface area contributed by atoms with Gasteiger partial charge in [-0.15, -0.1) is 0 Å². The maximum atomic E-state index is 13.5. The van der Waals surface area contributed by atoms with Crippen molar-refractivity contribution in [3.05, 3.63) is 83.4 Å². The summed E-state index contributed by atoms with van der Waals surface area (Å²) in [5, 5.41) is 11.5. The zero-order valence-corrected chi connectivity index (χ0v) is 21.5. The van der Waals surface area contributed by atoms with Gasteiger partial charge in [-0.25, -0.2) is 0 Å². The summed E-state index contributed by atoms with van der Waals surface area (Å²) in [6, 6.07) is 18.1. The van der Waals surface area contributed by atoms with Crippen molar-refractivity contribution >= 4 is 23.1 Å². The Bertz CT molecular complexity index is 1390. The monoisotopic (exact) mass is 515 g/mol. The van der Waals surface area contributed by atoms with E-state index in [1.807, 2.05) is 13.8 Å². The SMILES string of the molecule is COc1ccc(C2/C(=C(\O)c3cccc(OCC(C)C)c3)C(=O)C(=O)N2c2ccc3c(c2)OCCO3)cc1. The summed E-state index contributed by atoms with van der Waals surface area (Å²) in [4.78, 5) is 28.3. The van der Waals surface area contributed by atoms with E-state index < -0.39 is 17.7 Å². The molecule has 0 saturated carbocycles. The van der Waals surface area contributed by atoms with E-state index >= 15 is 0 Å². The Morgan fingerprint density at radius 3 is 2.42 bits per heavy atom. The average Bonchev–Trinajstić information content (AvgIpc) is 3.21. The van der Waals surface area contributed by atoms with Gasteiger partial charge in [0, 0.05) is 17.3 Å². The smallest absolute Gasteiger partial charge is 0.300 e. The Labute approximate surface area is 221 Å². The number of nitrogens with zero attached hydrogens (tertiary/aromatic N) is 1. The Hall–Kier alpha value is -4.46. The lowest BCUT2D eigenvalue weighted by atomic mass is 9.95. The van der Waals surface area contributed by atoms with Gasteiger partial charge in [0.05, 0.1) is 25.3 Å². The summed E-state index contributed by atoms with van der Waals surface area (Å²) in [6.07, 6.45) is 0. The summed E-state index contributed by atoms with van der Waals surface area (Å²) < 4.78 is 22.4. The summed E-state index contributed by atoms with van der Waals surface area (Å²) in [5.74, 6) is 0.737. The van der Waals surface area contributed by atoms with Crippen molar-refractivity contribution in [2.45, 2.75) is 19.9 Å². The number of aliphatic hydroxyl groups is 1. The zero-order valence-electron chi connectivity index (χ0n) is 21.5. The van der Waals surface area contributed by atoms with E-state index in [9.17, 15) is 14.7 Å². The predicted octanol–water partition coefficient (Wildman–Crippen LogP) is 5.13. The molecular formula is C30H29NO7. The molecule has 2 aliphatic rings. The number of fused-ring (bicyclic) bond motifs is 1. The molecule has 3 aromatic carbocycles. The van der Waals surface area contributed by atoms with Crippen molar-refractivity contribution in [1.29, 1.82) is 0 Å². The molecule has 8 heteroatoms. The van der Waals surface area contributed by atoms with Gasteiger partial charge in [0.15, 0.2) is 11.5 Å². The molecule has 0 aliphatic carbocycles. The zero-order chi connectivity index (χ0) is 26.8. The van der Waals surface area contributed by atoms with E-state index in [1.165, 1.54) is 4.90 Å². The molecule has 1 N–H and O–H groups in total. The first-order valence-electron chi connectivity index (χ1n) is 12.4. The van der Waals surface area contributed by atoms with Crippen LogP contribution >= 0.6 is 0 Å². The highest BCUT2D eigenvalue weighted by Gasteiger charge is 2.47. The summed E-state index contributed by atoms with van der Waals surface area (Å²) >= 11 is 0. The van der Waals surface area contributed by atoms with Crippen LogP contribution in [0, 0.1) is 5.92 Å². The van der Waals surface area contributed by atoms with Crippen LogP contribution < -0.4 is 23.8 Å². The fraction of sp³-hybridized carbons (Fsp3) is 0.267. The number of hydrogen-bond donors (Lipinski definition) is 1. The molecule has 1 unspecified atom stereocenters. The number of amides is 1. The number of carbonyl (C=O) groups excluding carboxylic acids is 2. The third-order valence-corrected chi connectivity index (χ3v) is 6.37. The number of benzene rings is 3. The second-order valence-corrected chi connectivity index (χ2v) is 9.50. The van der Waals surface area contributed by atoms with Crippen LogP contribution in [0.25, 0.3) is 5.76 Å². The average molecular weight is 516 g/mol. The maximum absolute atomic E-state index is 13.5. The van der Waals surface area contributed by atoms with E-state index in [4.69, 9.17) is 18.9 Å². The molecular weight excluding hydrogens is 486 g/mol. The standard InChI is InChI=1S/C30H29NO7/c1-18(2)17-38-23-6-4-5-20(15-23)28(32)26-27(19-7-10-22(35-3)11-8-19)31(30(34)29(26)33)21-9-12-24-25(16-21)37-14-13-36-24/h4-12,15-16,18,27,32H,13-14,17H2,1-3H3/b28-26+. The molecule has 0 aromatic heterocycles. The van der Waals surface area contributed by atoms with E-state index in [0.29, 0.717) is 65.6 Å². The first-order chi connectivity index (χ1) is 18.4. The molecule has 1 amide bonds. The number of hydrogen-bond acceptors (Lipinski definition) is 7. The van der Waals surface area contributed by atoms with Crippen molar-refractivity contribution < 1.29 is 33.6 Å². The molecule has 2 heterocycles. The van der Waals surface area contributed by atoms with Crippen LogP contribution in [-0.4, -0.2) is 43.7 Å². The van der Waals surface area contributed by atoms with Crippen LogP contribution in [0.15, 0.2) is 72.3 Å². The fourth-order valence-electron chi connectivity index (χ4n) is 4.53. The topological polar surface area (TPSA) is 94.5 Å². The highest BCUT2D eigenvalue weighted by Crippen LogP contribution is 2.45. The Kier molecular flexibility index (Phi) is 6.96. The molecule has 2 aliphatic heterocycles. The lowest BCUT2D eigenvalue weighted by Gasteiger charge is -2.27. The number of aliphatic hydroxyl groups excluding tert-OH is 1. The minimum absolute atomic E-state index is 0.0175. The van der Waals surface area contributed by atoms with Gasteiger partial charge in [-0.05, 0) is 47.9 Å². The van der Waals surface area contributed by atoms with Gasteiger partial charge in [-0.1, -0.05) is 38.1 Å². The van der Waals surface area contributed by atoms with Crippen molar-refractivity contribution in [3.63, 3.8) is 0 Å². The Morgan fingerprint density at radius 1 is 0.974 bits per heavy atom. The number of carbonyl (C=O) groups is 2. The number of anilines is 1. The quantitative estimate of drug-likeness (QED) is 0.265. The van der Waals surface area contributed by atoms with Crippen LogP contribution in [0.5, 0.6) is 23.0 Å². The molecule has 0 radical (unpaired) electrons. The van der Waals surface area contributed by atoms with Gasteiger partial charge >= 0.3 is 0 Å². The third kappa shape index (κ3) is 4.77. The van der Waals surface area contributed by atoms with Crippen molar-refractivity contribution in [2.24, 2.45) is 5.92 Å². The van der Waals surface area contributed by atoms with Gasteiger partial charge < -0.3 is 24.1 Å². The molecule has 38 heavy (non-hydrogen) atoms. The Morgan fingerprint density at radius 2 is 1.71 bits per heavy atom. The van der Waals surface area contributed by atoms with E-state index in [1.54, 1.807) is 73.8 Å². The lowest BCUT2D eigenvalue weighted by molar-refractivity contribution is -0.132. The van der Waals surface area contributed by atoms with E-state index in [-0.39, 0.29) is 11.3 Å². The van der Waals surface area contributed by atoms with Crippen LogP contribution in [0.3, 0.4) is 0 Å². The largest absolute Gasteiger partial charge is 0.507 e. The van der Waals surface area contributed by atoms with Gasteiger partial charge in [0.2, 0.25) is 0 Å². The fourth-order valence-corrected chi connectivity index (χ4v) is 4.53. The minimum Gasteiger partial charge on any atom is -0.507 e. The lowest BCUT2D eigenvalue weighted by Crippen LogP contribution is -2.29. The van der Waals surface area contributed by atoms with Crippen LogP contribution in [0.4, 0.5) is 5.69 Å². The number of Topliss-reactive ketones (excluding diaryl/α,β-unsaturated/α-hetero) is 1. The highest BCUT2D eigenvalue weighted by atomic mass is 16.6. The Balaban J connectivity index is 1.63. The molecule has 1 fully saturated rings. The molecule has 1 atom stereocenters. The minimum atomic E-state index is -0.885. The highest BCUT2D eigenvalue weighted by molar-refractivity contribution is 6.51. The summed E-state index contributed by atoms with van der Waals surface area (Å²) in [5.41, 5.74) is 1.44. The summed E-state index contributed by atoms with van der Waals surface area (Å²) in [7, 11) is 1.56. The van der Waals surface area contributed by atoms with Crippen molar-refractivity contribution in [1.82, 2.24) is 0 Å². The molecule has 196 valence electrons. The van der Waals surface area contributed by atoms with Crippen LogP contribution in [0.1, 0.15) is 31.0 Å². The second-order valence-electron chi connectivity index (χ2n) is 9.50. The van der Waals surface area contributed by atoms with Gasteiger partial charge in [-0.2, -0.15) is 0 Å². The van der Waals surface area contributed by atoms with Gasteiger partial charge in [0.25, 0.3) is 11.7 Å². The van der Waals surface area contributed by atoms with Crippen LogP contribution in [0.2, 0.25) is 0 Å².